The Balaban J connectivity index is 0.00000289. The van der Waals surface area contributed by atoms with E-state index in [2.05, 4.69) is 22.9 Å². The second-order valence-corrected chi connectivity index (χ2v) is 5.72. The van der Waals surface area contributed by atoms with Crippen LogP contribution in [0.4, 0.5) is 0 Å². The number of alkyl halides is 1. The third-order valence-electron chi connectivity index (χ3n) is 3.07. The monoisotopic (exact) mass is 332 g/mol. The fourth-order valence-corrected chi connectivity index (χ4v) is 2.58. The number of hydrogen-bond donors (Lipinski definition) is 1. The van der Waals surface area contributed by atoms with Crippen LogP contribution in [0.25, 0.3) is 0 Å². The van der Waals surface area contributed by atoms with E-state index in [1.807, 2.05) is 12.1 Å². The number of hydrogen-bond acceptors (Lipinski definition) is 1. The van der Waals surface area contributed by atoms with E-state index in [-0.39, 0.29) is 13.5 Å². The Morgan fingerprint density at radius 2 is 1.56 bits per heavy atom. The summed E-state index contributed by atoms with van der Waals surface area (Å²) in [6.45, 7) is 2.25. The summed E-state index contributed by atoms with van der Waals surface area (Å²) in [5.74, 6) is 0.341. The number of phenols is 1. The normalized spacial score (nSPS) is 11.9. The van der Waals surface area contributed by atoms with Crippen molar-refractivity contribution in [3.05, 3.63) is 29.8 Å². The summed E-state index contributed by atoms with van der Waals surface area (Å²) in [6.07, 6.45) is 9.22. The van der Waals surface area contributed by atoms with Gasteiger partial charge in [0.05, 0.1) is 0 Å². The van der Waals surface area contributed by atoms with Crippen LogP contribution in [0.1, 0.15) is 62.3 Å². The van der Waals surface area contributed by atoms with Crippen LogP contribution in [0.15, 0.2) is 24.3 Å². The highest BCUT2D eigenvalue weighted by Crippen LogP contribution is 2.29. The summed E-state index contributed by atoms with van der Waals surface area (Å²) in [5.41, 5.74) is 1.26. The minimum atomic E-state index is 0. The van der Waals surface area contributed by atoms with Gasteiger partial charge in [0.15, 0.2) is 0 Å². The molecule has 18 heavy (non-hydrogen) atoms. The Labute approximate surface area is 127 Å². The van der Waals surface area contributed by atoms with E-state index in [0.29, 0.717) is 10.6 Å². The molecule has 1 aromatic carbocycles. The van der Waals surface area contributed by atoms with E-state index in [1.54, 1.807) is 12.1 Å². The van der Waals surface area contributed by atoms with Crippen molar-refractivity contribution >= 4 is 29.4 Å². The van der Waals surface area contributed by atoms with Crippen LogP contribution in [0.5, 0.6) is 5.75 Å². The van der Waals surface area contributed by atoms with Crippen LogP contribution in [0.2, 0.25) is 0 Å². The molecular formula is C15H25BrOS. The molecule has 0 aliphatic carbocycles. The zero-order valence-corrected chi connectivity index (χ0v) is 13.7. The van der Waals surface area contributed by atoms with Crippen molar-refractivity contribution in [1.82, 2.24) is 0 Å². The zero-order chi connectivity index (χ0) is 12.5. The van der Waals surface area contributed by atoms with Gasteiger partial charge < -0.3 is 5.11 Å². The van der Waals surface area contributed by atoms with Gasteiger partial charge in [0.1, 0.15) is 5.75 Å². The number of phenolic OH excluding ortho intramolecular Hbond substituents is 1. The number of rotatable bonds is 8. The average molecular weight is 333 g/mol. The number of aromatic hydroxyl groups is 1. The highest BCUT2D eigenvalue weighted by Gasteiger charge is 2.06. The molecule has 104 valence electrons. The Morgan fingerprint density at radius 1 is 1.00 bits per heavy atom. The van der Waals surface area contributed by atoms with Crippen molar-refractivity contribution in [2.24, 2.45) is 0 Å². The minimum Gasteiger partial charge on any atom is -0.508 e. The number of benzene rings is 1. The Hall–Kier alpha value is -0.150. The van der Waals surface area contributed by atoms with Gasteiger partial charge in [-0.2, -0.15) is 13.5 Å². The highest BCUT2D eigenvalue weighted by molar-refractivity contribution is 9.09. The fourth-order valence-electron chi connectivity index (χ4n) is 1.95. The van der Waals surface area contributed by atoms with Gasteiger partial charge in [0.2, 0.25) is 0 Å². The molecule has 0 saturated heterocycles. The summed E-state index contributed by atoms with van der Waals surface area (Å²) in [7, 11) is 0. The third kappa shape index (κ3) is 7.32. The molecule has 0 saturated carbocycles. The summed E-state index contributed by atoms with van der Waals surface area (Å²) >= 11 is 3.71. The summed E-state index contributed by atoms with van der Waals surface area (Å²) in [4.78, 5) is 0.425. The van der Waals surface area contributed by atoms with Gasteiger partial charge in [0.25, 0.3) is 0 Å². The van der Waals surface area contributed by atoms with Crippen LogP contribution in [-0.2, 0) is 0 Å². The van der Waals surface area contributed by atoms with Gasteiger partial charge in [-0.25, -0.2) is 0 Å². The van der Waals surface area contributed by atoms with Gasteiger partial charge in [0, 0.05) is 4.83 Å². The Morgan fingerprint density at radius 3 is 2.17 bits per heavy atom. The van der Waals surface area contributed by atoms with E-state index < -0.39 is 0 Å². The summed E-state index contributed by atoms with van der Waals surface area (Å²) in [6, 6.07) is 7.49. The second kappa shape index (κ2) is 10.7. The van der Waals surface area contributed by atoms with E-state index in [0.717, 1.165) is 0 Å². The molecule has 1 rings (SSSR count). The van der Waals surface area contributed by atoms with Gasteiger partial charge in [-0.05, 0) is 24.1 Å². The molecule has 0 spiro atoms. The third-order valence-corrected chi connectivity index (χ3v) is 4.05. The van der Waals surface area contributed by atoms with Gasteiger partial charge in [-0.3, -0.25) is 0 Å². The molecular weight excluding hydrogens is 308 g/mol. The number of halogens is 1. The maximum absolute atomic E-state index is 9.22. The Bertz CT molecular complexity index is 300. The molecule has 0 bridgehead atoms. The molecule has 0 aliphatic rings. The number of unbranched alkanes of at least 4 members (excludes halogenated alkanes) is 5. The van der Waals surface area contributed by atoms with Crippen molar-refractivity contribution in [2.45, 2.75) is 56.7 Å². The van der Waals surface area contributed by atoms with Crippen molar-refractivity contribution < 1.29 is 5.11 Å². The van der Waals surface area contributed by atoms with Crippen LogP contribution in [0, 0.1) is 0 Å². The van der Waals surface area contributed by atoms with Gasteiger partial charge >= 0.3 is 0 Å². The first-order chi connectivity index (χ1) is 8.24. The van der Waals surface area contributed by atoms with Crippen molar-refractivity contribution in [3.63, 3.8) is 0 Å². The lowest BCUT2D eigenvalue weighted by atomic mass is 10.0. The Kier molecular flexibility index (Phi) is 10.7. The molecule has 3 heteroatoms. The van der Waals surface area contributed by atoms with Crippen LogP contribution in [-0.4, -0.2) is 5.11 Å². The molecule has 0 aromatic heterocycles. The van der Waals surface area contributed by atoms with E-state index >= 15 is 0 Å². The molecule has 0 heterocycles. The van der Waals surface area contributed by atoms with E-state index in [9.17, 15) is 5.11 Å². The first-order valence-electron chi connectivity index (χ1n) is 6.67. The summed E-state index contributed by atoms with van der Waals surface area (Å²) in [5, 5.41) is 9.22. The predicted octanol–water partition coefficient (Wildman–Crippen LogP) is 5.69. The largest absolute Gasteiger partial charge is 0.508 e. The first kappa shape index (κ1) is 17.8. The molecule has 1 N–H and O–H groups in total. The zero-order valence-electron chi connectivity index (χ0n) is 11.2. The first-order valence-corrected chi connectivity index (χ1v) is 7.58. The van der Waals surface area contributed by atoms with Crippen LogP contribution < -0.4 is 0 Å². The lowest BCUT2D eigenvalue weighted by molar-refractivity contribution is 0.475. The molecule has 0 amide bonds. The molecule has 0 radical (unpaired) electrons. The quantitative estimate of drug-likeness (QED) is 0.478. The van der Waals surface area contributed by atoms with Crippen LogP contribution >= 0.6 is 29.4 Å². The van der Waals surface area contributed by atoms with Crippen molar-refractivity contribution in [3.8, 4) is 5.75 Å². The van der Waals surface area contributed by atoms with Crippen molar-refractivity contribution in [2.75, 3.05) is 0 Å². The lowest BCUT2D eigenvalue weighted by Crippen LogP contribution is -1.90. The van der Waals surface area contributed by atoms with E-state index in [1.165, 1.54) is 50.5 Å². The molecule has 1 nitrogen and oxygen atoms in total. The highest BCUT2D eigenvalue weighted by atomic mass is 79.9. The molecule has 0 fully saturated rings. The van der Waals surface area contributed by atoms with Crippen LogP contribution in [0.3, 0.4) is 0 Å². The van der Waals surface area contributed by atoms with E-state index in [4.69, 9.17) is 0 Å². The van der Waals surface area contributed by atoms with Gasteiger partial charge in [-0.15, -0.1) is 0 Å². The minimum absolute atomic E-state index is 0. The SMILES string of the molecule is CCCCCCCCC(Br)c1ccc(O)cc1.S. The second-order valence-electron chi connectivity index (χ2n) is 4.62. The molecule has 0 aliphatic heterocycles. The smallest absolute Gasteiger partial charge is 0.115 e. The topological polar surface area (TPSA) is 20.2 Å². The lowest BCUT2D eigenvalue weighted by Gasteiger charge is -2.10. The van der Waals surface area contributed by atoms with Gasteiger partial charge in [-0.1, -0.05) is 73.5 Å². The maximum Gasteiger partial charge on any atom is 0.115 e. The van der Waals surface area contributed by atoms with Crippen molar-refractivity contribution in [1.29, 1.82) is 0 Å². The fraction of sp³-hybridized carbons (Fsp3) is 0.600. The average Bonchev–Trinajstić information content (AvgIpc) is 2.34. The predicted molar refractivity (Wildman–Crippen MR) is 88.1 cm³/mol. The maximum atomic E-state index is 9.22. The molecule has 1 aromatic rings. The molecule has 1 atom stereocenters. The molecule has 1 unspecified atom stereocenters. The standard InChI is InChI=1S/C15H23BrO.H2S/c1-2-3-4-5-6-7-8-15(16)13-9-11-14(17)12-10-13;/h9-12,15,17H,2-8H2,1H3;1H2. The summed E-state index contributed by atoms with van der Waals surface area (Å²) < 4.78 is 0.